The summed E-state index contributed by atoms with van der Waals surface area (Å²) >= 11 is 1.37. The Hall–Kier alpha value is -1.70. The monoisotopic (exact) mass is 296 g/mol. The number of carbonyl (C=O) groups excluding carboxylic acids is 1. The van der Waals surface area contributed by atoms with Crippen molar-refractivity contribution in [3.8, 4) is 0 Å². The predicted molar refractivity (Wildman–Crippen MR) is 74.1 cm³/mol. The van der Waals surface area contributed by atoms with Gasteiger partial charge in [-0.3, -0.25) is 14.5 Å². The van der Waals surface area contributed by atoms with Crippen molar-refractivity contribution in [2.45, 2.75) is 25.7 Å². The minimum Gasteiger partial charge on any atom is -0.481 e. The second-order valence-electron chi connectivity index (χ2n) is 5.14. The molecule has 2 fully saturated rings. The molecular formula is C12H16N4O3S. The van der Waals surface area contributed by atoms with Gasteiger partial charge in [-0.1, -0.05) is 11.3 Å². The molecule has 1 N–H and O–H groups in total. The molecule has 3 rings (SSSR count). The summed E-state index contributed by atoms with van der Waals surface area (Å²) in [5.74, 6) is -1.01. The lowest BCUT2D eigenvalue weighted by Crippen LogP contribution is -2.38. The molecule has 2 aliphatic rings. The minimum absolute atomic E-state index is 0.0924. The van der Waals surface area contributed by atoms with Crippen LogP contribution in [-0.2, 0) is 9.59 Å². The van der Waals surface area contributed by atoms with Gasteiger partial charge in [-0.15, -0.1) is 10.2 Å². The molecule has 2 aliphatic heterocycles. The lowest BCUT2D eigenvalue weighted by molar-refractivity contribution is -0.142. The highest BCUT2D eigenvalue weighted by Gasteiger charge is 2.29. The van der Waals surface area contributed by atoms with E-state index in [0.29, 0.717) is 36.2 Å². The molecule has 1 aromatic heterocycles. The van der Waals surface area contributed by atoms with Crippen LogP contribution in [0.5, 0.6) is 0 Å². The number of aliphatic carboxylic acids is 1. The van der Waals surface area contributed by atoms with E-state index in [1.54, 1.807) is 4.90 Å². The number of carboxylic acids is 1. The van der Waals surface area contributed by atoms with E-state index in [1.807, 2.05) is 4.90 Å². The van der Waals surface area contributed by atoms with E-state index in [2.05, 4.69) is 10.2 Å². The highest BCUT2D eigenvalue weighted by Crippen LogP contribution is 2.32. The summed E-state index contributed by atoms with van der Waals surface area (Å²) < 4.78 is 0. The third-order valence-electron chi connectivity index (χ3n) is 3.75. The molecule has 1 aromatic rings. The van der Waals surface area contributed by atoms with Gasteiger partial charge in [0.15, 0.2) is 0 Å². The van der Waals surface area contributed by atoms with Crippen LogP contribution in [0.25, 0.3) is 0 Å². The zero-order chi connectivity index (χ0) is 14.1. The van der Waals surface area contributed by atoms with Crippen molar-refractivity contribution in [1.82, 2.24) is 10.2 Å². The van der Waals surface area contributed by atoms with E-state index in [-0.39, 0.29) is 11.8 Å². The van der Waals surface area contributed by atoms with Crippen LogP contribution >= 0.6 is 11.3 Å². The fraction of sp³-hybridized carbons (Fsp3) is 0.667. The predicted octanol–water partition coefficient (Wildman–Crippen LogP) is 0.966. The maximum Gasteiger partial charge on any atom is 0.308 e. The molecule has 3 heterocycles. The normalized spacial score (nSPS) is 23.4. The largest absolute Gasteiger partial charge is 0.481 e. The summed E-state index contributed by atoms with van der Waals surface area (Å²) in [5.41, 5.74) is 0. The van der Waals surface area contributed by atoms with Gasteiger partial charge >= 0.3 is 5.97 Å². The molecule has 0 spiro atoms. The van der Waals surface area contributed by atoms with Gasteiger partial charge in [0.1, 0.15) is 0 Å². The molecule has 0 radical (unpaired) electrons. The Bertz CT molecular complexity index is 533. The molecule has 20 heavy (non-hydrogen) atoms. The number of carbonyl (C=O) groups is 2. The van der Waals surface area contributed by atoms with Crippen LogP contribution in [0.3, 0.4) is 0 Å². The summed E-state index contributed by atoms with van der Waals surface area (Å²) in [6.45, 7) is 1.97. The van der Waals surface area contributed by atoms with Crippen LogP contribution in [0.4, 0.5) is 10.3 Å². The first-order valence-corrected chi connectivity index (χ1v) is 7.58. The van der Waals surface area contributed by atoms with E-state index < -0.39 is 5.97 Å². The van der Waals surface area contributed by atoms with Crippen LogP contribution in [0.2, 0.25) is 0 Å². The first kappa shape index (κ1) is 13.3. The number of amides is 1. The van der Waals surface area contributed by atoms with Gasteiger partial charge < -0.3 is 10.0 Å². The Morgan fingerprint density at radius 2 is 2.05 bits per heavy atom. The number of aromatic nitrogens is 2. The zero-order valence-electron chi connectivity index (χ0n) is 11.0. The molecule has 1 atom stereocenters. The molecule has 0 bridgehead atoms. The molecule has 8 heteroatoms. The lowest BCUT2D eigenvalue weighted by atomic mass is 9.99. The number of anilines is 2. The van der Waals surface area contributed by atoms with Gasteiger partial charge in [0.25, 0.3) is 0 Å². The highest BCUT2D eigenvalue weighted by atomic mass is 32.1. The molecule has 7 nitrogen and oxygen atoms in total. The number of nitrogens with zero attached hydrogens (tertiary/aromatic N) is 4. The van der Waals surface area contributed by atoms with Crippen molar-refractivity contribution >= 4 is 33.5 Å². The van der Waals surface area contributed by atoms with Crippen molar-refractivity contribution in [2.75, 3.05) is 29.4 Å². The summed E-state index contributed by atoms with van der Waals surface area (Å²) in [6.07, 6.45) is 2.98. The first-order valence-electron chi connectivity index (χ1n) is 6.77. The van der Waals surface area contributed by atoms with E-state index in [1.165, 1.54) is 11.3 Å². The maximum atomic E-state index is 11.7. The third-order valence-corrected chi connectivity index (χ3v) is 4.76. The third kappa shape index (κ3) is 2.47. The van der Waals surface area contributed by atoms with Gasteiger partial charge in [0.05, 0.1) is 5.92 Å². The molecular weight excluding hydrogens is 280 g/mol. The number of rotatable bonds is 3. The summed E-state index contributed by atoms with van der Waals surface area (Å²) in [6, 6.07) is 0. The van der Waals surface area contributed by atoms with Gasteiger partial charge in [-0.2, -0.15) is 0 Å². The van der Waals surface area contributed by atoms with Gasteiger partial charge in [-0.05, 0) is 19.3 Å². The average Bonchev–Trinajstić information content (AvgIpc) is 3.07. The van der Waals surface area contributed by atoms with E-state index in [4.69, 9.17) is 5.11 Å². The molecule has 0 saturated carbocycles. The van der Waals surface area contributed by atoms with Crippen molar-refractivity contribution in [2.24, 2.45) is 5.92 Å². The van der Waals surface area contributed by atoms with Crippen molar-refractivity contribution in [3.05, 3.63) is 0 Å². The highest BCUT2D eigenvalue weighted by molar-refractivity contribution is 7.19. The van der Waals surface area contributed by atoms with E-state index >= 15 is 0 Å². The summed E-state index contributed by atoms with van der Waals surface area (Å²) in [5, 5.41) is 18.6. The van der Waals surface area contributed by atoms with Gasteiger partial charge in [0, 0.05) is 26.1 Å². The molecule has 108 valence electrons. The molecule has 1 amide bonds. The number of hydrogen-bond acceptors (Lipinski definition) is 6. The summed E-state index contributed by atoms with van der Waals surface area (Å²) in [4.78, 5) is 26.4. The second-order valence-corrected chi connectivity index (χ2v) is 6.07. The van der Waals surface area contributed by atoms with Crippen LogP contribution in [0.1, 0.15) is 25.7 Å². The number of hydrogen-bond donors (Lipinski definition) is 1. The molecule has 0 aromatic carbocycles. The van der Waals surface area contributed by atoms with Crippen LogP contribution < -0.4 is 9.80 Å². The average molecular weight is 296 g/mol. The van der Waals surface area contributed by atoms with E-state index in [0.717, 1.165) is 19.4 Å². The van der Waals surface area contributed by atoms with Crippen LogP contribution in [0, 0.1) is 5.92 Å². The number of piperidine rings is 1. The molecule has 0 aliphatic carbocycles. The van der Waals surface area contributed by atoms with Gasteiger partial charge in [-0.25, -0.2) is 0 Å². The molecule has 1 unspecified atom stereocenters. The van der Waals surface area contributed by atoms with Gasteiger partial charge in [0.2, 0.25) is 16.2 Å². The standard InChI is InChI=1S/C12H16N4O3S/c17-9-4-2-6-16(9)12-14-13-11(20-12)15-5-1-3-8(7-15)10(18)19/h8H,1-7H2,(H,18,19). The summed E-state index contributed by atoms with van der Waals surface area (Å²) in [7, 11) is 0. The van der Waals surface area contributed by atoms with Crippen LogP contribution in [0.15, 0.2) is 0 Å². The number of carboxylic acid groups (broad SMARTS) is 1. The topological polar surface area (TPSA) is 86.6 Å². The van der Waals surface area contributed by atoms with Crippen molar-refractivity contribution in [1.29, 1.82) is 0 Å². The maximum absolute atomic E-state index is 11.7. The Kier molecular flexibility index (Phi) is 3.56. The van der Waals surface area contributed by atoms with E-state index in [9.17, 15) is 9.59 Å². The first-order chi connectivity index (χ1) is 9.65. The Balaban J connectivity index is 1.73. The Labute approximate surface area is 120 Å². The Morgan fingerprint density at radius 3 is 2.75 bits per heavy atom. The van der Waals surface area contributed by atoms with Crippen molar-refractivity contribution < 1.29 is 14.7 Å². The SMILES string of the molecule is O=C(O)C1CCCN(c2nnc(N3CCCC3=O)s2)C1. The quantitative estimate of drug-likeness (QED) is 0.894. The lowest BCUT2D eigenvalue weighted by Gasteiger charge is -2.29. The zero-order valence-corrected chi connectivity index (χ0v) is 11.8. The molecule has 2 saturated heterocycles. The smallest absolute Gasteiger partial charge is 0.308 e. The minimum atomic E-state index is -0.755. The van der Waals surface area contributed by atoms with Crippen molar-refractivity contribution in [3.63, 3.8) is 0 Å². The fourth-order valence-corrected chi connectivity index (χ4v) is 3.57. The Morgan fingerprint density at radius 1 is 1.25 bits per heavy atom. The van der Waals surface area contributed by atoms with Crippen LogP contribution in [-0.4, -0.2) is 46.8 Å². The second kappa shape index (κ2) is 5.35. The fourth-order valence-electron chi connectivity index (χ4n) is 2.65.